The van der Waals surface area contributed by atoms with Crippen molar-refractivity contribution in [3.63, 3.8) is 0 Å². The topological polar surface area (TPSA) is 62.6 Å². The Morgan fingerprint density at radius 2 is 1.93 bits per heavy atom. The molecule has 0 saturated carbocycles. The quantitative estimate of drug-likeness (QED) is 0.787. The van der Waals surface area contributed by atoms with Gasteiger partial charge in [-0.3, -0.25) is 14.4 Å². The summed E-state index contributed by atoms with van der Waals surface area (Å²) in [5.41, 5.74) is -0.497. The van der Waals surface area contributed by atoms with Gasteiger partial charge in [0.15, 0.2) is 0 Å². The molecule has 9 heteroatoms. The smallest absolute Gasteiger partial charge is 0.250 e. The molecule has 3 aliphatic rings. The van der Waals surface area contributed by atoms with Crippen LogP contribution in [0.2, 0.25) is 0 Å². The predicted molar refractivity (Wildman–Crippen MR) is 109 cm³/mol. The van der Waals surface area contributed by atoms with Gasteiger partial charge < -0.3 is 15.0 Å². The van der Waals surface area contributed by atoms with Gasteiger partial charge in [0.25, 0.3) is 5.91 Å². The van der Waals surface area contributed by atoms with Gasteiger partial charge in [-0.1, -0.05) is 0 Å². The molecule has 3 fully saturated rings. The maximum Gasteiger partial charge on any atom is 0.250 e. The lowest BCUT2D eigenvalue weighted by molar-refractivity contribution is -0.142. The Morgan fingerprint density at radius 1 is 1.19 bits per heavy atom. The fraction of sp³-hybridized carbons (Fsp3) is 0.778. The van der Waals surface area contributed by atoms with E-state index < -0.39 is 5.54 Å². The van der Waals surface area contributed by atoms with Crippen LogP contribution in [-0.4, -0.2) is 84.5 Å². The van der Waals surface area contributed by atoms with Crippen molar-refractivity contribution in [3.8, 4) is 0 Å². The molecule has 1 atom stereocenters. The van der Waals surface area contributed by atoms with Crippen LogP contribution in [-0.2, 0) is 15.1 Å². The molecule has 154 valence electrons. The summed E-state index contributed by atoms with van der Waals surface area (Å²) in [4.78, 5) is 18.0. The molecule has 1 aromatic rings. The molecule has 0 aliphatic carbocycles. The van der Waals surface area contributed by atoms with Crippen molar-refractivity contribution in [2.24, 2.45) is 5.92 Å². The average Bonchev–Trinajstić information content (AvgIpc) is 3.35. The number of carbonyl (C=O) groups is 1. The summed E-state index contributed by atoms with van der Waals surface area (Å²) in [6.07, 6.45) is 6.47. The van der Waals surface area contributed by atoms with Crippen molar-refractivity contribution < 1.29 is 9.53 Å². The third kappa shape index (κ3) is 4.77. The zero-order chi connectivity index (χ0) is 17.1. The predicted octanol–water partition coefficient (Wildman–Crippen LogP) is 0.986. The van der Waals surface area contributed by atoms with E-state index in [4.69, 9.17) is 4.74 Å². The van der Waals surface area contributed by atoms with E-state index in [1.807, 2.05) is 16.9 Å². The zero-order valence-corrected chi connectivity index (χ0v) is 17.3. The Morgan fingerprint density at radius 3 is 2.59 bits per heavy atom. The van der Waals surface area contributed by atoms with Gasteiger partial charge in [0.05, 0.1) is 13.2 Å². The van der Waals surface area contributed by atoms with Crippen molar-refractivity contribution in [2.45, 2.75) is 24.8 Å². The first-order valence-electron chi connectivity index (χ1n) is 9.58. The second kappa shape index (κ2) is 10.1. The van der Waals surface area contributed by atoms with Crippen molar-refractivity contribution in [2.75, 3.05) is 59.0 Å². The van der Waals surface area contributed by atoms with Crippen molar-refractivity contribution in [3.05, 3.63) is 18.5 Å². The molecule has 1 unspecified atom stereocenters. The Bertz CT molecular complexity index is 574. The summed E-state index contributed by atoms with van der Waals surface area (Å²) >= 11 is 0. The van der Waals surface area contributed by atoms with Crippen LogP contribution in [0, 0.1) is 5.92 Å². The van der Waals surface area contributed by atoms with Crippen molar-refractivity contribution >= 4 is 30.7 Å². The molecule has 0 spiro atoms. The number of morpholine rings is 1. The molecule has 4 rings (SSSR count). The van der Waals surface area contributed by atoms with E-state index in [1.165, 1.54) is 0 Å². The van der Waals surface area contributed by atoms with Crippen LogP contribution in [0.1, 0.15) is 19.3 Å². The lowest BCUT2D eigenvalue weighted by Crippen LogP contribution is -2.55. The van der Waals surface area contributed by atoms with Crippen LogP contribution in [0.5, 0.6) is 0 Å². The van der Waals surface area contributed by atoms with Crippen LogP contribution < -0.4 is 5.32 Å². The minimum absolute atomic E-state index is 0. The lowest BCUT2D eigenvalue weighted by atomic mass is 9.87. The van der Waals surface area contributed by atoms with Gasteiger partial charge in [-0.15, -0.1) is 24.8 Å². The average molecular weight is 420 g/mol. The monoisotopic (exact) mass is 419 g/mol. The van der Waals surface area contributed by atoms with Crippen molar-refractivity contribution in [1.82, 2.24) is 24.9 Å². The van der Waals surface area contributed by atoms with Gasteiger partial charge in [0, 0.05) is 45.1 Å². The number of carbonyl (C=O) groups excluding carboxylic acids is 1. The SMILES string of the molecule is Cl.Cl.O=C(N1CCC(CN2CCOCC2)C1)C1(n2cccn2)CCNCC1. The molecule has 0 aromatic carbocycles. The Balaban J connectivity index is 0.00000131. The standard InChI is InChI=1S/C18H29N5O2.2ClH/c24-17(18(3-6-19-7-4-18)23-8-1-5-20-23)22-9-2-16(15-22)14-21-10-12-25-13-11-21;;/h1,5,8,16,19H,2-4,6-7,9-15H2;2*1H. The number of hydrogen-bond acceptors (Lipinski definition) is 5. The molecule has 3 aliphatic heterocycles. The molecule has 1 amide bonds. The molecule has 4 heterocycles. The number of rotatable bonds is 4. The number of aromatic nitrogens is 2. The summed E-state index contributed by atoms with van der Waals surface area (Å²) in [5, 5.41) is 7.82. The highest BCUT2D eigenvalue weighted by atomic mass is 35.5. The number of hydrogen-bond donors (Lipinski definition) is 1. The fourth-order valence-electron chi connectivity index (χ4n) is 4.51. The normalized spacial score (nSPS) is 25.5. The molecule has 27 heavy (non-hydrogen) atoms. The molecule has 0 bridgehead atoms. The van der Waals surface area contributed by atoms with Gasteiger partial charge in [-0.2, -0.15) is 5.10 Å². The van der Waals surface area contributed by atoms with Crippen LogP contribution >= 0.6 is 24.8 Å². The summed E-state index contributed by atoms with van der Waals surface area (Å²) in [6.45, 7) is 8.31. The summed E-state index contributed by atoms with van der Waals surface area (Å²) in [5.74, 6) is 0.848. The molecule has 3 saturated heterocycles. The summed E-state index contributed by atoms with van der Waals surface area (Å²) < 4.78 is 7.34. The maximum absolute atomic E-state index is 13.5. The third-order valence-corrected chi connectivity index (χ3v) is 5.96. The van der Waals surface area contributed by atoms with Gasteiger partial charge in [-0.05, 0) is 44.3 Å². The molecule has 7 nitrogen and oxygen atoms in total. The number of piperidine rings is 1. The third-order valence-electron chi connectivity index (χ3n) is 5.96. The highest BCUT2D eigenvalue weighted by Gasteiger charge is 2.45. The first-order valence-corrected chi connectivity index (χ1v) is 9.58. The van der Waals surface area contributed by atoms with Crippen LogP contribution in [0.3, 0.4) is 0 Å². The van der Waals surface area contributed by atoms with Gasteiger partial charge in [0.1, 0.15) is 5.54 Å². The maximum atomic E-state index is 13.5. The van der Waals surface area contributed by atoms with Crippen LogP contribution in [0.15, 0.2) is 18.5 Å². The summed E-state index contributed by atoms with van der Waals surface area (Å²) in [6, 6.07) is 1.92. The molecular formula is C18H31Cl2N5O2. The second-order valence-electron chi connectivity index (χ2n) is 7.55. The number of likely N-dealkylation sites (tertiary alicyclic amines) is 1. The van der Waals surface area contributed by atoms with E-state index in [2.05, 4.69) is 20.2 Å². The fourth-order valence-corrected chi connectivity index (χ4v) is 4.51. The Hall–Kier alpha value is -0.860. The lowest BCUT2D eigenvalue weighted by Gasteiger charge is -2.39. The van der Waals surface area contributed by atoms with E-state index in [1.54, 1.807) is 6.20 Å². The van der Waals surface area contributed by atoms with E-state index in [9.17, 15) is 4.79 Å². The largest absolute Gasteiger partial charge is 0.379 e. The van der Waals surface area contributed by atoms with Gasteiger partial charge in [-0.25, -0.2) is 0 Å². The number of nitrogens with zero attached hydrogens (tertiary/aromatic N) is 4. The minimum Gasteiger partial charge on any atom is -0.379 e. The highest BCUT2D eigenvalue weighted by Crippen LogP contribution is 2.32. The molecule has 1 aromatic heterocycles. The van der Waals surface area contributed by atoms with Crippen LogP contribution in [0.4, 0.5) is 0 Å². The van der Waals surface area contributed by atoms with Gasteiger partial charge >= 0.3 is 0 Å². The van der Waals surface area contributed by atoms with Crippen molar-refractivity contribution in [1.29, 1.82) is 0 Å². The second-order valence-corrected chi connectivity index (χ2v) is 7.55. The number of amides is 1. The van der Waals surface area contributed by atoms with E-state index in [0.29, 0.717) is 5.92 Å². The first-order chi connectivity index (χ1) is 12.3. The minimum atomic E-state index is -0.497. The number of nitrogens with one attached hydrogen (secondary N) is 1. The molecular weight excluding hydrogens is 389 g/mol. The zero-order valence-electron chi connectivity index (χ0n) is 15.7. The highest BCUT2D eigenvalue weighted by molar-refractivity contribution is 5.86. The Labute approximate surface area is 173 Å². The molecule has 0 radical (unpaired) electrons. The first kappa shape index (κ1) is 22.4. The summed E-state index contributed by atoms with van der Waals surface area (Å²) in [7, 11) is 0. The molecule has 1 N–H and O–H groups in total. The Kier molecular flexibility index (Phi) is 8.37. The number of ether oxygens (including phenoxy) is 1. The van der Waals surface area contributed by atoms with E-state index >= 15 is 0 Å². The van der Waals surface area contributed by atoms with Gasteiger partial charge in [0.2, 0.25) is 0 Å². The van der Waals surface area contributed by atoms with E-state index in [0.717, 1.165) is 78.3 Å². The van der Waals surface area contributed by atoms with Crippen LogP contribution in [0.25, 0.3) is 0 Å². The number of halogens is 2. The van der Waals surface area contributed by atoms with E-state index in [-0.39, 0.29) is 30.7 Å².